The molecular weight excluding hydrogens is 286 g/mol. The zero-order valence-electron chi connectivity index (χ0n) is 12.3. The van der Waals surface area contributed by atoms with Gasteiger partial charge in [0.2, 0.25) is 0 Å². The van der Waals surface area contributed by atoms with Crippen LogP contribution < -0.4 is 14.8 Å². The van der Waals surface area contributed by atoms with Gasteiger partial charge in [-0.15, -0.1) is 0 Å². The van der Waals surface area contributed by atoms with E-state index in [1.807, 2.05) is 12.1 Å². The van der Waals surface area contributed by atoms with Crippen LogP contribution in [0.15, 0.2) is 18.2 Å². The second-order valence-electron chi connectivity index (χ2n) is 4.99. The number of carboxylic acid groups (broad SMARTS) is 1. The molecule has 0 spiro atoms. The van der Waals surface area contributed by atoms with Crippen LogP contribution in [0.5, 0.6) is 11.5 Å². The molecule has 7 heteroatoms. The molecule has 0 radical (unpaired) electrons. The smallest absolute Gasteiger partial charge is 0.327 e. The number of methoxy groups -OCH3 is 2. The number of hydrogen-bond acceptors (Lipinski definition) is 5. The molecule has 1 atom stereocenters. The van der Waals surface area contributed by atoms with Crippen LogP contribution in [0, 0.1) is 0 Å². The predicted octanol–water partition coefficient (Wildman–Crippen LogP) is 1.37. The third-order valence-corrected chi connectivity index (χ3v) is 3.72. The number of imidazole rings is 1. The Kier molecular flexibility index (Phi) is 3.72. The second kappa shape index (κ2) is 5.69. The van der Waals surface area contributed by atoms with E-state index >= 15 is 0 Å². The van der Waals surface area contributed by atoms with Crippen LogP contribution in [0.25, 0.3) is 11.4 Å². The molecule has 1 aromatic carbocycles. The van der Waals surface area contributed by atoms with Crippen molar-refractivity contribution in [3.05, 3.63) is 29.6 Å². The van der Waals surface area contributed by atoms with E-state index in [1.54, 1.807) is 20.3 Å². The summed E-state index contributed by atoms with van der Waals surface area (Å²) in [5, 5.41) is 12.2. The van der Waals surface area contributed by atoms with Crippen molar-refractivity contribution in [2.75, 3.05) is 20.8 Å². The summed E-state index contributed by atoms with van der Waals surface area (Å²) in [6, 6.07) is 4.64. The number of benzene rings is 1. The van der Waals surface area contributed by atoms with Crippen LogP contribution in [-0.4, -0.2) is 41.8 Å². The van der Waals surface area contributed by atoms with E-state index in [0.29, 0.717) is 36.0 Å². The Hall–Kier alpha value is -2.54. The molecular formula is C15H17N3O4. The minimum absolute atomic E-state index is 0.534. The van der Waals surface area contributed by atoms with E-state index in [4.69, 9.17) is 9.47 Å². The molecule has 1 aromatic heterocycles. The molecule has 0 bridgehead atoms. The lowest BCUT2D eigenvalue weighted by atomic mass is 10.1. The highest BCUT2D eigenvalue weighted by Crippen LogP contribution is 2.33. The predicted molar refractivity (Wildman–Crippen MR) is 79.2 cm³/mol. The number of hydrogen-bond donors (Lipinski definition) is 3. The maximum Gasteiger partial charge on any atom is 0.327 e. The van der Waals surface area contributed by atoms with Gasteiger partial charge in [-0.2, -0.15) is 0 Å². The number of nitrogens with zero attached hydrogens (tertiary/aromatic N) is 1. The van der Waals surface area contributed by atoms with Crippen LogP contribution in [0.4, 0.5) is 0 Å². The van der Waals surface area contributed by atoms with Crippen LogP contribution in [0.2, 0.25) is 0 Å². The lowest BCUT2D eigenvalue weighted by molar-refractivity contribution is -0.139. The van der Waals surface area contributed by atoms with Crippen molar-refractivity contribution >= 4 is 5.97 Å². The number of carboxylic acids is 1. The van der Waals surface area contributed by atoms with Gasteiger partial charge in [0.15, 0.2) is 6.04 Å². The molecule has 0 amide bonds. The topological polar surface area (TPSA) is 96.5 Å². The van der Waals surface area contributed by atoms with Crippen molar-refractivity contribution < 1.29 is 19.4 Å². The van der Waals surface area contributed by atoms with Crippen molar-refractivity contribution in [2.24, 2.45) is 0 Å². The molecule has 7 nitrogen and oxygen atoms in total. The first-order chi connectivity index (χ1) is 10.6. The third-order valence-electron chi connectivity index (χ3n) is 3.72. The summed E-state index contributed by atoms with van der Waals surface area (Å²) >= 11 is 0. The summed E-state index contributed by atoms with van der Waals surface area (Å²) in [5.74, 6) is 0.965. The van der Waals surface area contributed by atoms with E-state index in [9.17, 15) is 9.90 Å². The molecule has 0 saturated carbocycles. The van der Waals surface area contributed by atoms with E-state index in [-0.39, 0.29) is 0 Å². The monoisotopic (exact) mass is 303 g/mol. The zero-order valence-corrected chi connectivity index (χ0v) is 12.3. The van der Waals surface area contributed by atoms with Gasteiger partial charge in [0.25, 0.3) is 0 Å². The fourth-order valence-electron chi connectivity index (χ4n) is 2.62. The zero-order chi connectivity index (χ0) is 15.7. The maximum atomic E-state index is 11.3. The number of rotatable bonds is 4. The van der Waals surface area contributed by atoms with Gasteiger partial charge in [-0.05, 0) is 12.1 Å². The summed E-state index contributed by atoms with van der Waals surface area (Å²) in [4.78, 5) is 19.0. The molecule has 0 aliphatic carbocycles. The average Bonchev–Trinajstić information content (AvgIpc) is 2.97. The van der Waals surface area contributed by atoms with Gasteiger partial charge in [0, 0.05) is 24.7 Å². The van der Waals surface area contributed by atoms with Gasteiger partial charge in [0.05, 0.1) is 25.5 Å². The molecule has 3 rings (SSSR count). The molecule has 3 N–H and O–H groups in total. The molecule has 1 aliphatic rings. The Morgan fingerprint density at radius 1 is 1.36 bits per heavy atom. The fourth-order valence-corrected chi connectivity index (χ4v) is 2.62. The van der Waals surface area contributed by atoms with Gasteiger partial charge < -0.3 is 19.6 Å². The lowest BCUT2D eigenvalue weighted by Crippen LogP contribution is -2.35. The second-order valence-corrected chi connectivity index (χ2v) is 4.99. The molecule has 2 aromatic rings. The van der Waals surface area contributed by atoms with Crippen molar-refractivity contribution in [1.29, 1.82) is 0 Å². The largest absolute Gasteiger partial charge is 0.497 e. The van der Waals surface area contributed by atoms with E-state index < -0.39 is 12.0 Å². The quantitative estimate of drug-likeness (QED) is 0.789. The van der Waals surface area contributed by atoms with Gasteiger partial charge in [-0.3, -0.25) is 10.1 Å². The standard InChI is InChI=1S/C15H17N3O4/c1-21-8-3-4-9(11(7-8)22-2)14-17-10-5-6-16-13(15(19)20)12(10)18-14/h3-4,7,13,16H,5-6H2,1-2H3,(H,17,18)(H,19,20)/t13-/m1/s1. The average molecular weight is 303 g/mol. The third kappa shape index (κ3) is 2.39. The minimum atomic E-state index is -0.930. The first-order valence-electron chi connectivity index (χ1n) is 6.91. The number of ether oxygens (including phenoxy) is 2. The first kappa shape index (κ1) is 14.4. The lowest BCUT2D eigenvalue weighted by Gasteiger charge is -2.18. The Morgan fingerprint density at radius 2 is 2.18 bits per heavy atom. The molecule has 1 aliphatic heterocycles. The summed E-state index contributed by atoms with van der Waals surface area (Å²) < 4.78 is 10.6. The Bertz CT molecular complexity index is 711. The van der Waals surface area contributed by atoms with Crippen molar-refractivity contribution in [3.63, 3.8) is 0 Å². The van der Waals surface area contributed by atoms with E-state index in [2.05, 4.69) is 15.3 Å². The highest BCUT2D eigenvalue weighted by molar-refractivity contribution is 5.76. The van der Waals surface area contributed by atoms with Crippen molar-refractivity contribution in [2.45, 2.75) is 12.5 Å². The molecule has 22 heavy (non-hydrogen) atoms. The molecule has 0 fully saturated rings. The van der Waals surface area contributed by atoms with Gasteiger partial charge >= 0.3 is 5.97 Å². The Labute approximate surface area is 127 Å². The van der Waals surface area contributed by atoms with E-state index in [0.717, 1.165) is 11.3 Å². The van der Waals surface area contributed by atoms with Crippen molar-refractivity contribution in [1.82, 2.24) is 15.3 Å². The highest BCUT2D eigenvalue weighted by Gasteiger charge is 2.30. The Morgan fingerprint density at radius 3 is 2.86 bits per heavy atom. The van der Waals surface area contributed by atoms with E-state index in [1.165, 1.54) is 0 Å². The highest BCUT2D eigenvalue weighted by atomic mass is 16.5. The molecule has 0 unspecified atom stereocenters. The van der Waals surface area contributed by atoms with Gasteiger partial charge in [-0.1, -0.05) is 0 Å². The maximum absolute atomic E-state index is 11.3. The van der Waals surface area contributed by atoms with Crippen LogP contribution in [0.3, 0.4) is 0 Å². The summed E-state index contributed by atoms with van der Waals surface area (Å²) in [7, 11) is 3.16. The number of aliphatic carboxylic acids is 1. The van der Waals surface area contributed by atoms with Gasteiger partial charge in [-0.25, -0.2) is 4.98 Å². The number of aromatic nitrogens is 2. The number of H-pyrrole nitrogens is 1. The number of fused-ring (bicyclic) bond motifs is 1. The molecule has 0 saturated heterocycles. The minimum Gasteiger partial charge on any atom is -0.497 e. The molecule has 2 heterocycles. The normalized spacial score (nSPS) is 16.9. The van der Waals surface area contributed by atoms with Crippen LogP contribution in [0.1, 0.15) is 17.4 Å². The summed E-state index contributed by atoms with van der Waals surface area (Å²) in [6.45, 7) is 0.603. The first-order valence-corrected chi connectivity index (χ1v) is 6.91. The summed E-state index contributed by atoms with van der Waals surface area (Å²) in [5.41, 5.74) is 2.15. The molecule has 116 valence electrons. The SMILES string of the molecule is COc1ccc(-c2nc3c([nH]2)CCN[C@H]3C(=O)O)c(OC)c1. The van der Waals surface area contributed by atoms with Crippen LogP contribution in [-0.2, 0) is 11.2 Å². The Balaban J connectivity index is 2.05. The number of carbonyl (C=O) groups is 1. The van der Waals surface area contributed by atoms with Crippen molar-refractivity contribution in [3.8, 4) is 22.9 Å². The van der Waals surface area contributed by atoms with Crippen LogP contribution >= 0.6 is 0 Å². The summed E-state index contributed by atoms with van der Waals surface area (Å²) in [6.07, 6.45) is 0.713. The van der Waals surface area contributed by atoms with Gasteiger partial charge in [0.1, 0.15) is 17.3 Å². The fraction of sp³-hybridized carbons (Fsp3) is 0.333. The number of aromatic amines is 1. The number of nitrogens with one attached hydrogen (secondary N) is 2.